The average Bonchev–Trinajstić information content (AvgIpc) is 2.63. The van der Waals surface area contributed by atoms with Crippen LogP contribution in [-0.2, 0) is 0 Å². The number of rotatable bonds is 5. The van der Waals surface area contributed by atoms with E-state index in [-0.39, 0.29) is 0 Å². The number of nitrogens with zero attached hydrogens (tertiary/aromatic N) is 2. The van der Waals surface area contributed by atoms with Crippen LogP contribution in [0.5, 0.6) is 0 Å². The molecule has 0 N–H and O–H groups in total. The Morgan fingerprint density at radius 3 is 2.19 bits per heavy atom. The van der Waals surface area contributed by atoms with Crippen molar-refractivity contribution in [1.82, 2.24) is 4.98 Å². The van der Waals surface area contributed by atoms with Crippen molar-refractivity contribution in [2.75, 3.05) is 18.0 Å². The van der Waals surface area contributed by atoms with Crippen molar-refractivity contribution in [3.05, 3.63) is 68.8 Å². The summed E-state index contributed by atoms with van der Waals surface area (Å²) in [4.78, 5) is 7.02. The summed E-state index contributed by atoms with van der Waals surface area (Å²) in [5, 5.41) is 2.78. The van der Waals surface area contributed by atoms with Gasteiger partial charge in [0, 0.05) is 29.2 Å². The summed E-state index contributed by atoms with van der Waals surface area (Å²) < 4.78 is 0. The lowest BCUT2D eigenvalue weighted by molar-refractivity contribution is 0.869. The van der Waals surface area contributed by atoms with Gasteiger partial charge in [0.15, 0.2) is 0 Å². The van der Waals surface area contributed by atoms with Crippen LogP contribution in [0.25, 0.3) is 23.1 Å². The van der Waals surface area contributed by atoms with Gasteiger partial charge in [-0.05, 0) is 55.8 Å². The van der Waals surface area contributed by atoms with E-state index in [1.165, 1.54) is 0 Å². The third-order valence-electron chi connectivity index (χ3n) is 4.27. The molecule has 5 heteroatoms. The van der Waals surface area contributed by atoms with Crippen LogP contribution in [0.1, 0.15) is 25.1 Å². The first-order valence-corrected chi connectivity index (χ1v) is 9.63. The number of benzene rings is 2. The lowest BCUT2D eigenvalue weighted by Gasteiger charge is -2.23. The average molecular weight is 406 g/mol. The topological polar surface area (TPSA) is 16.1 Å². The van der Waals surface area contributed by atoms with Crippen LogP contribution in [0.2, 0.25) is 15.1 Å². The molecule has 0 aliphatic carbocycles. The predicted molar refractivity (Wildman–Crippen MR) is 116 cm³/mol. The van der Waals surface area contributed by atoms with Crippen LogP contribution < -0.4 is 4.90 Å². The molecule has 0 unspecified atom stereocenters. The fourth-order valence-electron chi connectivity index (χ4n) is 2.89. The Morgan fingerprint density at radius 1 is 0.885 bits per heavy atom. The van der Waals surface area contributed by atoms with Crippen molar-refractivity contribution in [3.8, 4) is 0 Å². The van der Waals surface area contributed by atoms with Gasteiger partial charge in [-0.3, -0.25) is 0 Å². The van der Waals surface area contributed by atoms with Gasteiger partial charge in [-0.1, -0.05) is 53.0 Å². The van der Waals surface area contributed by atoms with Gasteiger partial charge in [-0.2, -0.15) is 0 Å². The van der Waals surface area contributed by atoms with E-state index in [9.17, 15) is 0 Å². The molecule has 3 aromatic rings. The lowest BCUT2D eigenvalue weighted by atomic mass is 10.1. The van der Waals surface area contributed by atoms with E-state index in [1.807, 2.05) is 48.6 Å². The largest absolute Gasteiger partial charge is 0.371 e. The summed E-state index contributed by atoms with van der Waals surface area (Å²) in [5.41, 5.74) is 3.87. The van der Waals surface area contributed by atoms with E-state index in [2.05, 4.69) is 24.8 Å². The maximum atomic E-state index is 6.24. The van der Waals surface area contributed by atoms with Gasteiger partial charge in [0.1, 0.15) is 0 Å². The molecule has 0 saturated heterocycles. The van der Waals surface area contributed by atoms with Crippen LogP contribution in [-0.4, -0.2) is 18.1 Å². The van der Waals surface area contributed by atoms with E-state index in [1.54, 1.807) is 0 Å². The minimum atomic E-state index is 0.510. The first-order valence-electron chi connectivity index (χ1n) is 8.50. The summed E-state index contributed by atoms with van der Waals surface area (Å²) in [6.07, 6.45) is 4.02. The van der Waals surface area contributed by atoms with Crippen molar-refractivity contribution in [2.24, 2.45) is 0 Å². The molecule has 2 nitrogen and oxygen atoms in total. The monoisotopic (exact) mass is 404 g/mol. The maximum absolute atomic E-state index is 6.24. The second-order valence-electron chi connectivity index (χ2n) is 5.91. The molecule has 2 aromatic carbocycles. The summed E-state index contributed by atoms with van der Waals surface area (Å²) in [6.45, 7) is 6.07. The highest BCUT2D eigenvalue weighted by Gasteiger charge is 2.12. The van der Waals surface area contributed by atoms with Crippen molar-refractivity contribution in [2.45, 2.75) is 13.8 Å². The van der Waals surface area contributed by atoms with Crippen LogP contribution in [0.4, 0.5) is 5.69 Å². The number of halogens is 3. The summed E-state index contributed by atoms with van der Waals surface area (Å²) in [7, 11) is 0. The van der Waals surface area contributed by atoms with Crippen LogP contribution in [0, 0.1) is 0 Å². The fraction of sp³-hybridized carbons (Fsp3) is 0.190. The van der Waals surface area contributed by atoms with E-state index >= 15 is 0 Å². The normalized spacial score (nSPS) is 11.4. The smallest absolute Gasteiger partial charge is 0.0746 e. The van der Waals surface area contributed by atoms with Gasteiger partial charge in [-0.15, -0.1) is 0 Å². The van der Waals surface area contributed by atoms with E-state index in [4.69, 9.17) is 39.8 Å². The molecule has 3 rings (SSSR count). The molecule has 0 amide bonds. The fourth-order valence-corrected chi connectivity index (χ4v) is 3.34. The number of pyridine rings is 1. The highest BCUT2D eigenvalue weighted by molar-refractivity contribution is 6.42. The first-order chi connectivity index (χ1) is 12.5. The van der Waals surface area contributed by atoms with Crippen molar-refractivity contribution < 1.29 is 0 Å². The Labute approximate surface area is 169 Å². The second-order valence-corrected chi connectivity index (χ2v) is 7.16. The summed E-state index contributed by atoms with van der Waals surface area (Å²) in [5.74, 6) is 0. The Kier molecular flexibility index (Phi) is 6.08. The van der Waals surface area contributed by atoms with Gasteiger partial charge < -0.3 is 4.90 Å². The van der Waals surface area contributed by atoms with E-state index in [0.29, 0.717) is 10.0 Å². The van der Waals surface area contributed by atoms with Crippen molar-refractivity contribution in [3.63, 3.8) is 0 Å². The van der Waals surface area contributed by atoms with Gasteiger partial charge in [0.05, 0.1) is 21.3 Å². The molecule has 0 aliphatic rings. The Bertz CT molecular complexity index is 946. The highest BCUT2D eigenvalue weighted by Crippen LogP contribution is 2.33. The van der Waals surface area contributed by atoms with Gasteiger partial charge in [0.2, 0.25) is 0 Å². The molecule has 1 heterocycles. The molecule has 134 valence electrons. The molecule has 0 saturated carbocycles. The molecular weight excluding hydrogens is 387 g/mol. The van der Waals surface area contributed by atoms with Crippen LogP contribution in [0.3, 0.4) is 0 Å². The van der Waals surface area contributed by atoms with Crippen LogP contribution >= 0.6 is 34.8 Å². The molecule has 0 fully saturated rings. The molecule has 0 aliphatic heterocycles. The zero-order chi connectivity index (χ0) is 18.7. The third-order valence-corrected chi connectivity index (χ3v) is 5.24. The Balaban J connectivity index is 2.10. The molecule has 0 bridgehead atoms. The van der Waals surface area contributed by atoms with Crippen molar-refractivity contribution >= 4 is 63.5 Å². The Morgan fingerprint density at radius 2 is 1.54 bits per heavy atom. The second kappa shape index (κ2) is 8.30. The molecule has 26 heavy (non-hydrogen) atoms. The molecular formula is C21H19Cl3N2. The minimum absolute atomic E-state index is 0.510. The quantitative estimate of drug-likeness (QED) is 0.445. The number of hydrogen-bond donors (Lipinski definition) is 0. The number of aromatic nitrogens is 1. The van der Waals surface area contributed by atoms with Gasteiger partial charge >= 0.3 is 0 Å². The van der Waals surface area contributed by atoms with Gasteiger partial charge in [-0.25, -0.2) is 4.98 Å². The molecule has 0 spiro atoms. The molecule has 0 atom stereocenters. The van der Waals surface area contributed by atoms with E-state index < -0.39 is 0 Å². The number of fused-ring (bicyclic) bond motifs is 1. The number of hydrogen-bond acceptors (Lipinski definition) is 2. The highest BCUT2D eigenvalue weighted by atomic mass is 35.5. The SMILES string of the molecule is CCN(CC)c1cc(/C=C/c2ccc(Cl)cc2)nc2cc(Cl)c(Cl)cc12. The Hall–Kier alpha value is -1.74. The third kappa shape index (κ3) is 4.15. The predicted octanol–water partition coefficient (Wildman–Crippen LogP) is 7.21. The summed E-state index contributed by atoms with van der Waals surface area (Å²) >= 11 is 18.4. The maximum Gasteiger partial charge on any atom is 0.0746 e. The zero-order valence-corrected chi connectivity index (χ0v) is 16.9. The van der Waals surface area contributed by atoms with Crippen molar-refractivity contribution in [1.29, 1.82) is 0 Å². The minimum Gasteiger partial charge on any atom is -0.371 e. The lowest BCUT2D eigenvalue weighted by Crippen LogP contribution is -2.22. The summed E-state index contributed by atoms with van der Waals surface area (Å²) in [6, 6.07) is 13.5. The molecule has 0 radical (unpaired) electrons. The number of anilines is 1. The molecule has 1 aromatic heterocycles. The first kappa shape index (κ1) is 19.0. The van der Waals surface area contributed by atoms with Gasteiger partial charge in [0.25, 0.3) is 0 Å². The zero-order valence-electron chi connectivity index (χ0n) is 14.6. The standard InChI is InChI=1S/C21H19Cl3N2/c1-3-26(4-2)21-11-16(10-7-14-5-8-15(22)9-6-14)25-20-13-19(24)18(23)12-17(20)21/h5-13H,3-4H2,1-2H3/b10-7+. The van der Waals surface area contributed by atoms with E-state index in [0.717, 1.165) is 46.0 Å². The van der Waals surface area contributed by atoms with Crippen LogP contribution in [0.15, 0.2) is 42.5 Å².